The van der Waals surface area contributed by atoms with Crippen LogP contribution in [0.1, 0.15) is 35.4 Å². The number of anilines is 1. The normalized spacial score (nSPS) is 13.8. The van der Waals surface area contributed by atoms with Gasteiger partial charge < -0.3 is 10.1 Å². The Labute approximate surface area is 174 Å². The number of aryl methyl sites for hydroxylation is 2. The molecule has 29 heavy (non-hydrogen) atoms. The minimum absolute atomic E-state index is 0.0846. The first-order chi connectivity index (χ1) is 14.0. The van der Waals surface area contributed by atoms with Crippen LogP contribution in [0.15, 0.2) is 29.4 Å². The van der Waals surface area contributed by atoms with E-state index < -0.39 is 0 Å². The molecule has 0 atom stereocenters. The van der Waals surface area contributed by atoms with Crippen molar-refractivity contribution in [2.75, 3.05) is 18.2 Å². The summed E-state index contributed by atoms with van der Waals surface area (Å²) in [6.45, 7) is 5.25. The highest BCUT2D eigenvalue weighted by Crippen LogP contribution is 2.29. The minimum Gasteiger partial charge on any atom is -0.376 e. The Morgan fingerprint density at radius 3 is 2.90 bits per heavy atom. The number of amides is 1. The molecule has 8 heteroatoms. The van der Waals surface area contributed by atoms with Crippen molar-refractivity contribution in [3.63, 3.8) is 0 Å². The number of benzene rings is 1. The molecule has 1 aliphatic carbocycles. The Hall–Kier alpha value is -2.45. The van der Waals surface area contributed by atoms with Crippen LogP contribution in [0, 0.1) is 19.8 Å². The van der Waals surface area contributed by atoms with Crippen molar-refractivity contribution in [2.45, 2.75) is 44.9 Å². The minimum atomic E-state index is -0.0846. The number of thioether (sulfide) groups is 1. The number of carbonyl (C=O) groups is 1. The van der Waals surface area contributed by atoms with Gasteiger partial charge in [-0.3, -0.25) is 4.79 Å². The number of aromatic nitrogens is 4. The number of rotatable bonds is 8. The molecule has 2 aromatic heterocycles. The first-order valence-corrected chi connectivity index (χ1v) is 11.0. The second-order valence-electron chi connectivity index (χ2n) is 7.46. The van der Waals surface area contributed by atoms with Crippen molar-refractivity contribution in [1.82, 2.24) is 19.6 Å². The van der Waals surface area contributed by atoms with Crippen molar-refractivity contribution in [3.05, 3.63) is 46.8 Å². The molecule has 152 valence electrons. The monoisotopic (exact) mass is 411 g/mol. The van der Waals surface area contributed by atoms with E-state index in [0.29, 0.717) is 17.5 Å². The fourth-order valence-electron chi connectivity index (χ4n) is 3.26. The second kappa shape index (κ2) is 8.51. The van der Waals surface area contributed by atoms with Crippen LogP contribution in [-0.4, -0.2) is 38.4 Å². The summed E-state index contributed by atoms with van der Waals surface area (Å²) in [6.07, 6.45) is 4.72. The highest BCUT2D eigenvalue weighted by molar-refractivity contribution is 7.98. The predicted octanol–water partition coefficient (Wildman–Crippen LogP) is 3.57. The topological polar surface area (TPSA) is 81.4 Å². The van der Waals surface area contributed by atoms with E-state index in [4.69, 9.17) is 4.74 Å². The lowest BCUT2D eigenvalue weighted by Gasteiger charge is -2.11. The maximum absolute atomic E-state index is 12.7. The van der Waals surface area contributed by atoms with E-state index in [1.165, 1.54) is 24.6 Å². The second-order valence-corrected chi connectivity index (χ2v) is 8.23. The highest BCUT2D eigenvalue weighted by atomic mass is 32.2. The Kier molecular flexibility index (Phi) is 5.82. The van der Waals surface area contributed by atoms with E-state index in [9.17, 15) is 4.79 Å². The van der Waals surface area contributed by atoms with E-state index in [1.54, 1.807) is 4.52 Å². The predicted molar refractivity (Wildman–Crippen MR) is 113 cm³/mol. The van der Waals surface area contributed by atoms with Crippen LogP contribution in [0.2, 0.25) is 0 Å². The lowest BCUT2D eigenvalue weighted by Crippen LogP contribution is -2.18. The van der Waals surface area contributed by atoms with Gasteiger partial charge in [-0.25, -0.2) is 9.50 Å². The SMILES string of the molecule is CSc1nc2nc(C)c(CC(=O)Nc3cccc(COCC4CC4)c3)c(C)n2n1. The molecule has 1 N–H and O–H groups in total. The molecule has 1 saturated carbocycles. The number of nitrogens with one attached hydrogen (secondary N) is 1. The van der Waals surface area contributed by atoms with Gasteiger partial charge in [0.05, 0.1) is 13.0 Å². The van der Waals surface area contributed by atoms with Crippen molar-refractivity contribution < 1.29 is 9.53 Å². The molecule has 0 spiro atoms. The number of nitrogens with zero attached hydrogens (tertiary/aromatic N) is 4. The smallest absolute Gasteiger partial charge is 0.253 e. The van der Waals surface area contributed by atoms with Crippen molar-refractivity contribution in [2.24, 2.45) is 5.92 Å². The zero-order valence-corrected chi connectivity index (χ0v) is 17.8. The fourth-order valence-corrected chi connectivity index (χ4v) is 3.60. The molecule has 0 bridgehead atoms. The summed E-state index contributed by atoms with van der Waals surface area (Å²) in [7, 11) is 0. The summed E-state index contributed by atoms with van der Waals surface area (Å²) in [5.41, 5.74) is 4.39. The molecule has 2 heterocycles. The third kappa shape index (κ3) is 4.76. The molecule has 0 aliphatic heterocycles. The van der Waals surface area contributed by atoms with Crippen LogP contribution >= 0.6 is 11.8 Å². The van der Waals surface area contributed by atoms with Crippen LogP contribution in [0.3, 0.4) is 0 Å². The molecule has 7 nitrogen and oxygen atoms in total. The lowest BCUT2D eigenvalue weighted by atomic mass is 10.1. The first-order valence-electron chi connectivity index (χ1n) is 9.77. The van der Waals surface area contributed by atoms with E-state index in [0.717, 1.165) is 40.7 Å². The van der Waals surface area contributed by atoms with Gasteiger partial charge in [-0.2, -0.15) is 4.98 Å². The molecule has 4 rings (SSSR count). The number of fused-ring (bicyclic) bond motifs is 1. The van der Waals surface area contributed by atoms with Crippen LogP contribution in [0.5, 0.6) is 0 Å². The molecule has 0 saturated heterocycles. The van der Waals surface area contributed by atoms with Gasteiger partial charge in [0, 0.05) is 29.2 Å². The summed E-state index contributed by atoms with van der Waals surface area (Å²) < 4.78 is 7.45. The van der Waals surface area contributed by atoms with Gasteiger partial charge >= 0.3 is 0 Å². The average molecular weight is 412 g/mol. The summed E-state index contributed by atoms with van der Waals surface area (Å²) in [6, 6.07) is 7.82. The number of hydrogen-bond donors (Lipinski definition) is 1. The lowest BCUT2D eigenvalue weighted by molar-refractivity contribution is -0.115. The zero-order valence-electron chi connectivity index (χ0n) is 16.9. The van der Waals surface area contributed by atoms with Gasteiger partial charge in [-0.1, -0.05) is 23.9 Å². The fraction of sp³-hybridized carbons (Fsp3) is 0.429. The largest absolute Gasteiger partial charge is 0.376 e. The van der Waals surface area contributed by atoms with E-state index in [2.05, 4.69) is 20.4 Å². The summed E-state index contributed by atoms with van der Waals surface area (Å²) in [4.78, 5) is 21.6. The average Bonchev–Trinajstić information content (AvgIpc) is 3.43. The van der Waals surface area contributed by atoms with Crippen molar-refractivity contribution >= 4 is 29.1 Å². The van der Waals surface area contributed by atoms with Crippen molar-refractivity contribution in [3.8, 4) is 0 Å². The summed E-state index contributed by atoms with van der Waals surface area (Å²) >= 11 is 1.47. The molecule has 1 amide bonds. The third-order valence-corrected chi connectivity index (χ3v) is 5.62. The molecule has 3 aromatic rings. The Bertz CT molecular complexity index is 1040. The standard InChI is InChI=1S/C21H25N5O2S/c1-13-18(14(2)26-20(22-13)24-21(25-26)29-3)10-19(27)23-17-6-4-5-16(9-17)12-28-11-15-7-8-15/h4-6,9,15H,7-8,10-12H2,1-3H3,(H,23,27). The quantitative estimate of drug-likeness (QED) is 0.571. The number of ether oxygens (including phenoxy) is 1. The van der Waals surface area contributed by atoms with E-state index in [-0.39, 0.29) is 12.3 Å². The highest BCUT2D eigenvalue weighted by Gasteiger charge is 2.21. The van der Waals surface area contributed by atoms with E-state index >= 15 is 0 Å². The summed E-state index contributed by atoms with van der Waals surface area (Å²) in [5.74, 6) is 1.22. The Morgan fingerprint density at radius 1 is 1.31 bits per heavy atom. The molecule has 1 aliphatic rings. The maximum Gasteiger partial charge on any atom is 0.253 e. The Balaban J connectivity index is 1.44. The molecule has 0 unspecified atom stereocenters. The zero-order chi connectivity index (χ0) is 20.4. The molecule has 1 fully saturated rings. The van der Waals surface area contributed by atoms with Gasteiger partial charge in [-0.15, -0.1) is 5.10 Å². The number of hydrogen-bond acceptors (Lipinski definition) is 6. The van der Waals surface area contributed by atoms with Gasteiger partial charge in [-0.05, 0) is 56.6 Å². The summed E-state index contributed by atoms with van der Waals surface area (Å²) in [5, 5.41) is 8.10. The Morgan fingerprint density at radius 2 is 2.14 bits per heavy atom. The van der Waals surface area contributed by atoms with Crippen LogP contribution in [0.4, 0.5) is 5.69 Å². The molecule has 1 aromatic carbocycles. The third-order valence-electron chi connectivity index (χ3n) is 5.08. The molecule has 0 radical (unpaired) electrons. The maximum atomic E-state index is 12.7. The first kappa shape index (κ1) is 19.8. The van der Waals surface area contributed by atoms with Crippen LogP contribution in [-0.2, 0) is 22.6 Å². The molecular formula is C21H25N5O2S. The van der Waals surface area contributed by atoms with Crippen LogP contribution in [0.25, 0.3) is 5.78 Å². The van der Waals surface area contributed by atoms with Crippen molar-refractivity contribution in [1.29, 1.82) is 0 Å². The van der Waals surface area contributed by atoms with E-state index in [1.807, 2.05) is 44.4 Å². The van der Waals surface area contributed by atoms with Gasteiger partial charge in [0.2, 0.25) is 11.1 Å². The van der Waals surface area contributed by atoms with Gasteiger partial charge in [0.25, 0.3) is 5.78 Å². The molecular weight excluding hydrogens is 386 g/mol. The van der Waals surface area contributed by atoms with Crippen LogP contribution < -0.4 is 5.32 Å². The van der Waals surface area contributed by atoms with Gasteiger partial charge in [0.1, 0.15) is 0 Å². The van der Waals surface area contributed by atoms with Gasteiger partial charge in [0.15, 0.2) is 0 Å². The number of carbonyl (C=O) groups excluding carboxylic acids is 1.